The maximum Gasteiger partial charge on any atom is 0.248 e. The number of hydrogen-bond acceptors (Lipinski definition) is 4. The second-order valence-electron chi connectivity index (χ2n) is 3.06. The molecule has 0 aromatic carbocycles. The number of carbonyl (C=O) groups excluding carboxylic acids is 1. The molecule has 0 saturated carbocycles. The fraction of sp³-hybridized carbons (Fsp3) is 0.875. The lowest BCUT2D eigenvalue weighted by molar-refractivity contribution is -0.131. The van der Waals surface area contributed by atoms with Gasteiger partial charge in [0.15, 0.2) is 0 Å². The van der Waals surface area contributed by atoms with Gasteiger partial charge in [-0.25, -0.2) is 13.1 Å². The highest BCUT2D eigenvalue weighted by molar-refractivity contribution is 7.88. The normalized spacial score (nSPS) is 13.5. The van der Waals surface area contributed by atoms with Gasteiger partial charge in [-0.05, 0) is 13.8 Å². The number of ether oxygens (including phenoxy) is 1. The Kier molecular flexibility index (Phi) is 6.46. The van der Waals surface area contributed by atoms with Crippen molar-refractivity contribution >= 4 is 15.9 Å². The number of amides is 1. The highest BCUT2D eigenvalue weighted by atomic mass is 32.2. The van der Waals surface area contributed by atoms with Crippen molar-refractivity contribution in [1.29, 1.82) is 0 Å². The van der Waals surface area contributed by atoms with E-state index in [4.69, 9.17) is 4.74 Å². The van der Waals surface area contributed by atoms with Gasteiger partial charge >= 0.3 is 0 Å². The predicted octanol–water partition coefficient (Wildman–Crippen LogP) is -0.923. The van der Waals surface area contributed by atoms with Gasteiger partial charge in [0.1, 0.15) is 6.10 Å². The zero-order valence-electron chi connectivity index (χ0n) is 9.24. The van der Waals surface area contributed by atoms with Crippen LogP contribution < -0.4 is 10.0 Å². The van der Waals surface area contributed by atoms with Crippen LogP contribution in [-0.2, 0) is 19.6 Å². The van der Waals surface area contributed by atoms with Crippen molar-refractivity contribution in [2.45, 2.75) is 20.0 Å². The van der Waals surface area contributed by atoms with Gasteiger partial charge in [0.05, 0.1) is 6.26 Å². The first-order valence-corrected chi connectivity index (χ1v) is 6.60. The molecule has 1 unspecified atom stereocenters. The fourth-order valence-corrected chi connectivity index (χ4v) is 1.36. The molecule has 1 atom stereocenters. The molecule has 1 amide bonds. The summed E-state index contributed by atoms with van der Waals surface area (Å²) in [5.41, 5.74) is 0. The zero-order valence-corrected chi connectivity index (χ0v) is 10.1. The zero-order chi connectivity index (χ0) is 11.9. The summed E-state index contributed by atoms with van der Waals surface area (Å²) >= 11 is 0. The second-order valence-corrected chi connectivity index (χ2v) is 4.89. The van der Waals surface area contributed by atoms with Gasteiger partial charge in [-0.3, -0.25) is 4.79 Å². The number of hydrogen-bond donors (Lipinski definition) is 2. The molecule has 0 heterocycles. The number of nitrogens with one attached hydrogen (secondary N) is 2. The fourth-order valence-electron chi connectivity index (χ4n) is 0.892. The van der Waals surface area contributed by atoms with Crippen LogP contribution in [0.4, 0.5) is 0 Å². The van der Waals surface area contributed by atoms with Crippen LogP contribution >= 0.6 is 0 Å². The molecule has 0 rings (SSSR count). The van der Waals surface area contributed by atoms with Crippen molar-refractivity contribution in [2.75, 3.05) is 26.0 Å². The maximum absolute atomic E-state index is 11.2. The molecule has 0 bridgehead atoms. The van der Waals surface area contributed by atoms with Gasteiger partial charge < -0.3 is 10.1 Å². The molecule has 0 fully saturated rings. The topological polar surface area (TPSA) is 84.5 Å². The summed E-state index contributed by atoms with van der Waals surface area (Å²) in [6, 6.07) is 0. The van der Waals surface area contributed by atoms with Crippen molar-refractivity contribution < 1.29 is 17.9 Å². The maximum atomic E-state index is 11.2. The van der Waals surface area contributed by atoms with E-state index in [0.717, 1.165) is 6.26 Å². The van der Waals surface area contributed by atoms with Gasteiger partial charge in [-0.2, -0.15) is 0 Å². The molecular formula is C8H18N2O4S. The van der Waals surface area contributed by atoms with Crippen LogP contribution in [0.25, 0.3) is 0 Å². The summed E-state index contributed by atoms with van der Waals surface area (Å²) in [4.78, 5) is 11.2. The van der Waals surface area contributed by atoms with Gasteiger partial charge in [-0.15, -0.1) is 0 Å². The molecule has 15 heavy (non-hydrogen) atoms. The van der Waals surface area contributed by atoms with E-state index in [2.05, 4.69) is 10.0 Å². The Bertz CT molecular complexity index is 289. The SMILES string of the molecule is CCOC(C)C(=O)NCCNS(C)(=O)=O. The van der Waals surface area contributed by atoms with Crippen LogP contribution in [0.15, 0.2) is 0 Å². The monoisotopic (exact) mass is 238 g/mol. The third-order valence-corrected chi connectivity index (χ3v) is 2.30. The van der Waals surface area contributed by atoms with Crippen LogP contribution in [0.2, 0.25) is 0 Å². The van der Waals surface area contributed by atoms with E-state index in [0.29, 0.717) is 6.61 Å². The summed E-state index contributed by atoms with van der Waals surface area (Å²) in [6.45, 7) is 4.35. The summed E-state index contributed by atoms with van der Waals surface area (Å²) in [6.07, 6.45) is 0.561. The molecule has 0 spiro atoms. The van der Waals surface area contributed by atoms with E-state index in [1.165, 1.54) is 0 Å². The van der Waals surface area contributed by atoms with Crippen LogP contribution in [-0.4, -0.2) is 46.4 Å². The molecule has 0 aromatic rings. The Labute approximate surface area is 90.4 Å². The van der Waals surface area contributed by atoms with Gasteiger partial charge in [0.25, 0.3) is 0 Å². The predicted molar refractivity (Wildman–Crippen MR) is 56.9 cm³/mol. The Morgan fingerprint density at radius 2 is 2.00 bits per heavy atom. The number of rotatable bonds is 7. The smallest absolute Gasteiger partial charge is 0.248 e. The largest absolute Gasteiger partial charge is 0.369 e. The number of sulfonamides is 1. The molecule has 0 aliphatic carbocycles. The first-order valence-electron chi connectivity index (χ1n) is 4.70. The van der Waals surface area contributed by atoms with Gasteiger partial charge in [0, 0.05) is 19.7 Å². The minimum atomic E-state index is -3.19. The van der Waals surface area contributed by atoms with Gasteiger partial charge in [0.2, 0.25) is 15.9 Å². The molecule has 7 heteroatoms. The lowest BCUT2D eigenvalue weighted by Crippen LogP contribution is -2.39. The van der Waals surface area contributed by atoms with E-state index in [1.807, 2.05) is 0 Å². The van der Waals surface area contributed by atoms with E-state index in [1.54, 1.807) is 13.8 Å². The van der Waals surface area contributed by atoms with Crippen molar-refractivity contribution in [3.05, 3.63) is 0 Å². The lowest BCUT2D eigenvalue weighted by atomic mass is 10.4. The standard InChI is InChI=1S/C8H18N2O4S/c1-4-14-7(2)8(11)9-5-6-10-15(3,12)13/h7,10H,4-6H2,1-3H3,(H,9,11). The highest BCUT2D eigenvalue weighted by Crippen LogP contribution is 1.88. The molecule has 0 aliphatic heterocycles. The van der Waals surface area contributed by atoms with Crippen LogP contribution in [0, 0.1) is 0 Å². The summed E-state index contributed by atoms with van der Waals surface area (Å²) in [5.74, 6) is -0.243. The summed E-state index contributed by atoms with van der Waals surface area (Å²) in [5, 5.41) is 2.55. The van der Waals surface area contributed by atoms with Crippen molar-refractivity contribution in [2.24, 2.45) is 0 Å². The van der Waals surface area contributed by atoms with E-state index < -0.39 is 16.1 Å². The minimum Gasteiger partial charge on any atom is -0.369 e. The van der Waals surface area contributed by atoms with Gasteiger partial charge in [-0.1, -0.05) is 0 Å². The molecule has 0 saturated heterocycles. The van der Waals surface area contributed by atoms with Crippen molar-refractivity contribution in [3.63, 3.8) is 0 Å². The average molecular weight is 238 g/mol. The molecule has 6 nitrogen and oxygen atoms in total. The third-order valence-electron chi connectivity index (χ3n) is 1.57. The second kappa shape index (κ2) is 6.76. The highest BCUT2D eigenvalue weighted by Gasteiger charge is 2.11. The van der Waals surface area contributed by atoms with E-state index in [-0.39, 0.29) is 19.0 Å². The number of carbonyl (C=O) groups is 1. The Morgan fingerprint density at radius 1 is 1.40 bits per heavy atom. The Balaban J connectivity index is 3.64. The lowest BCUT2D eigenvalue weighted by Gasteiger charge is -2.11. The Hall–Kier alpha value is -0.660. The first kappa shape index (κ1) is 14.3. The van der Waals surface area contributed by atoms with Crippen LogP contribution in [0.3, 0.4) is 0 Å². The summed E-state index contributed by atoms with van der Waals surface area (Å²) < 4.78 is 28.6. The molecule has 0 radical (unpaired) electrons. The van der Waals surface area contributed by atoms with Crippen molar-refractivity contribution in [3.8, 4) is 0 Å². The van der Waals surface area contributed by atoms with Crippen molar-refractivity contribution in [1.82, 2.24) is 10.0 Å². The molecular weight excluding hydrogens is 220 g/mol. The minimum absolute atomic E-state index is 0.184. The average Bonchev–Trinajstić information content (AvgIpc) is 2.11. The molecule has 90 valence electrons. The van der Waals surface area contributed by atoms with E-state index in [9.17, 15) is 13.2 Å². The van der Waals surface area contributed by atoms with E-state index >= 15 is 0 Å². The summed E-state index contributed by atoms with van der Waals surface area (Å²) in [7, 11) is -3.19. The quantitative estimate of drug-likeness (QED) is 0.562. The molecule has 0 aliphatic rings. The third kappa shape index (κ3) is 8.34. The molecule has 0 aromatic heterocycles. The molecule has 2 N–H and O–H groups in total. The van der Waals surface area contributed by atoms with Crippen LogP contribution in [0.1, 0.15) is 13.8 Å². The Morgan fingerprint density at radius 3 is 2.47 bits per heavy atom. The van der Waals surface area contributed by atoms with Crippen LogP contribution in [0.5, 0.6) is 0 Å². The first-order chi connectivity index (χ1) is 6.87.